The zero-order valence-electron chi connectivity index (χ0n) is 27.4. The first kappa shape index (κ1) is 33.0. The molecule has 1 saturated heterocycles. The summed E-state index contributed by atoms with van der Waals surface area (Å²) < 4.78 is 7.99. The Balaban J connectivity index is 1.18. The molecule has 47 heavy (non-hydrogen) atoms. The van der Waals surface area contributed by atoms with Crippen LogP contribution in [0, 0.1) is 6.92 Å². The van der Waals surface area contributed by atoms with E-state index in [0.29, 0.717) is 12.8 Å². The van der Waals surface area contributed by atoms with Gasteiger partial charge in [0.15, 0.2) is 0 Å². The summed E-state index contributed by atoms with van der Waals surface area (Å²) in [6.07, 6.45) is 9.56. The van der Waals surface area contributed by atoms with Crippen LogP contribution in [0.1, 0.15) is 67.0 Å². The molecule has 8 nitrogen and oxygen atoms in total. The average molecular weight is 655 g/mol. The quantitative estimate of drug-likeness (QED) is 0.170. The highest BCUT2D eigenvalue weighted by Crippen LogP contribution is 2.27. The Morgan fingerprint density at radius 3 is 2.23 bits per heavy atom. The van der Waals surface area contributed by atoms with Crippen LogP contribution in [0.2, 0.25) is 5.02 Å². The Bertz CT molecular complexity index is 1550. The fourth-order valence-electron chi connectivity index (χ4n) is 6.97. The van der Waals surface area contributed by atoms with Gasteiger partial charge in [-0.25, -0.2) is 9.48 Å². The molecular formula is C38H47ClN6O2. The Morgan fingerprint density at radius 2 is 1.55 bits per heavy atom. The van der Waals surface area contributed by atoms with E-state index in [1.165, 1.54) is 29.7 Å². The molecule has 4 aromatic rings. The number of carbonyl (C=O) groups is 1. The zero-order valence-corrected chi connectivity index (χ0v) is 28.2. The van der Waals surface area contributed by atoms with Gasteiger partial charge in [-0.2, -0.15) is 0 Å². The number of piperazine rings is 1. The SMILES string of the molecule is Cc1ccc(Cl)cc1N1CCN(Cc2cn([C@@H](Cc3ccccc3)[C@H](Cc3ccccc3)NC(=O)OC3CCCCCC3)nn2)CC1. The van der Waals surface area contributed by atoms with Gasteiger partial charge in [0.05, 0.1) is 24.0 Å². The van der Waals surface area contributed by atoms with Crippen LogP contribution in [0.4, 0.5) is 10.5 Å². The van der Waals surface area contributed by atoms with Crippen molar-refractivity contribution >= 4 is 23.4 Å². The fourth-order valence-corrected chi connectivity index (χ4v) is 7.14. The number of halogens is 1. The standard InChI is InChI=1S/C38H47ClN6O2/c1-29-18-19-32(39)26-36(29)44-22-20-43(21-23-44)27-33-28-45(42-41-33)37(25-31-14-8-5-9-15-31)35(24-30-12-6-4-7-13-30)40-38(46)47-34-16-10-2-3-11-17-34/h4-9,12-15,18-19,26,28,34-35,37H,2-3,10-11,16-17,20-25,27H2,1H3,(H,40,46)/t35-,37-/m0/s1. The summed E-state index contributed by atoms with van der Waals surface area (Å²) in [5.74, 6) is 0. The van der Waals surface area contributed by atoms with Gasteiger partial charge in [0.2, 0.25) is 0 Å². The maximum Gasteiger partial charge on any atom is 0.407 e. The topological polar surface area (TPSA) is 75.5 Å². The molecule has 0 bridgehead atoms. The number of benzene rings is 3. The van der Waals surface area contributed by atoms with Crippen LogP contribution in [-0.2, 0) is 24.1 Å². The first-order chi connectivity index (χ1) is 23.0. The number of hydrogen-bond donors (Lipinski definition) is 1. The number of hydrogen-bond acceptors (Lipinski definition) is 6. The van der Waals surface area contributed by atoms with Crippen LogP contribution < -0.4 is 10.2 Å². The van der Waals surface area contributed by atoms with E-state index in [9.17, 15) is 4.79 Å². The van der Waals surface area contributed by atoms with Crippen molar-refractivity contribution in [3.63, 3.8) is 0 Å². The third-order valence-electron chi connectivity index (χ3n) is 9.60. The predicted molar refractivity (Wildman–Crippen MR) is 188 cm³/mol. The van der Waals surface area contributed by atoms with Crippen LogP contribution in [0.5, 0.6) is 0 Å². The molecule has 1 aliphatic carbocycles. The van der Waals surface area contributed by atoms with Gasteiger partial charge >= 0.3 is 6.09 Å². The van der Waals surface area contributed by atoms with Crippen molar-refractivity contribution in [2.45, 2.75) is 83.0 Å². The lowest BCUT2D eigenvalue weighted by molar-refractivity contribution is 0.0832. The summed E-state index contributed by atoms with van der Waals surface area (Å²) in [7, 11) is 0. The van der Waals surface area contributed by atoms with Crippen LogP contribution >= 0.6 is 11.6 Å². The minimum Gasteiger partial charge on any atom is -0.446 e. The highest BCUT2D eigenvalue weighted by atomic mass is 35.5. The Hall–Kier alpha value is -3.88. The molecule has 1 saturated carbocycles. The van der Waals surface area contributed by atoms with Crippen molar-refractivity contribution in [3.8, 4) is 0 Å². The van der Waals surface area contributed by atoms with Crippen molar-refractivity contribution in [2.24, 2.45) is 0 Å². The van der Waals surface area contributed by atoms with E-state index >= 15 is 0 Å². The normalized spacial score (nSPS) is 17.5. The molecule has 2 heterocycles. The molecular weight excluding hydrogens is 608 g/mol. The largest absolute Gasteiger partial charge is 0.446 e. The van der Waals surface area contributed by atoms with E-state index in [2.05, 4.69) is 87.1 Å². The number of nitrogens with one attached hydrogen (secondary N) is 1. The average Bonchev–Trinajstić information content (AvgIpc) is 3.39. The van der Waals surface area contributed by atoms with Crippen molar-refractivity contribution in [1.29, 1.82) is 0 Å². The first-order valence-electron chi connectivity index (χ1n) is 17.2. The molecule has 0 unspecified atom stereocenters. The fraction of sp³-hybridized carbons (Fsp3) is 0.447. The number of aryl methyl sites for hydroxylation is 1. The monoisotopic (exact) mass is 654 g/mol. The molecule has 1 aliphatic heterocycles. The molecule has 2 fully saturated rings. The highest BCUT2D eigenvalue weighted by Gasteiger charge is 2.29. The van der Waals surface area contributed by atoms with Crippen LogP contribution in [0.3, 0.4) is 0 Å². The van der Waals surface area contributed by atoms with Gasteiger partial charge in [0.1, 0.15) is 6.10 Å². The number of ether oxygens (including phenoxy) is 1. The zero-order chi connectivity index (χ0) is 32.4. The highest BCUT2D eigenvalue weighted by molar-refractivity contribution is 6.30. The molecule has 1 amide bonds. The van der Waals surface area contributed by atoms with Crippen molar-refractivity contribution in [2.75, 3.05) is 31.1 Å². The molecule has 248 valence electrons. The third-order valence-corrected chi connectivity index (χ3v) is 9.83. The van der Waals surface area contributed by atoms with E-state index < -0.39 is 0 Å². The van der Waals surface area contributed by atoms with E-state index in [-0.39, 0.29) is 24.3 Å². The first-order valence-corrected chi connectivity index (χ1v) is 17.6. The van der Waals surface area contributed by atoms with E-state index in [1.807, 2.05) is 35.0 Å². The van der Waals surface area contributed by atoms with Gasteiger partial charge in [-0.1, -0.05) is 96.4 Å². The van der Waals surface area contributed by atoms with Crippen molar-refractivity contribution in [1.82, 2.24) is 25.2 Å². The van der Waals surface area contributed by atoms with Crippen molar-refractivity contribution < 1.29 is 9.53 Å². The molecule has 0 radical (unpaired) electrons. The second kappa shape index (κ2) is 16.3. The summed E-state index contributed by atoms with van der Waals surface area (Å²) in [6.45, 7) is 6.57. The second-order valence-corrected chi connectivity index (χ2v) is 13.5. The molecule has 2 atom stereocenters. The lowest BCUT2D eigenvalue weighted by Crippen LogP contribution is -2.46. The molecule has 9 heteroatoms. The number of rotatable bonds is 11. The summed E-state index contributed by atoms with van der Waals surface area (Å²) in [5.41, 5.74) is 5.71. The molecule has 3 aromatic carbocycles. The Labute approximate surface area is 284 Å². The van der Waals surface area contributed by atoms with Gasteiger partial charge in [-0.05, 0) is 74.3 Å². The molecule has 2 aliphatic rings. The van der Waals surface area contributed by atoms with Crippen LogP contribution in [0.15, 0.2) is 85.1 Å². The van der Waals surface area contributed by atoms with Gasteiger partial charge in [0.25, 0.3) is 0 Å². The molecule has 1 N–H and O–H groups in total. The molecule has 6 rings (SSSR count). The van der Waals surface area contributed by atoms with Gasteiger partial charge < -0.3 is 15.0 Å². The van der Waals surface area contributed by atoms with Crippen molar-refractivity contribution in [3.05, 3.63) is 112 Å². The number of amides is 1. The summed E-state index contributed by atoms with van der Waals surface area (Å²) >= 11 is 6.31. The maximum absolute atomic E-state index is 13.5. The Morgan fingerprint density at radius 1 is 0.894 bits per heavy atom. The van der Waals surface area contributed by atoms with Crippen LogP contribution in [0.25, 0.3) is 0 Å². The van der Waals surface area contributed by atoms with Crippen LogP contribution in [-0.4, -0.2) is 64.3 Å². The third kappa shape index (κ3) is 9.36. The number of anilines is 1. The van der Waals surface area contributed by atoms with Gasteiger partial charge in [0, 0.05) is 43.4 Å². The number of alkyl carbamates (subject to hydrolysis) is 1. The summed E-state index contributed by atoms with van der Waals surface area (Å²) in [4.78, 5) is 18.3. The van der Waals surface area contributed by atoms with E-state index in [0.717, 1.165) is 74.7 Å². The molecule has 0 spiro atoms. The maximum atomic E-state index is 13.5. The van der Waals surface area contributed by atoms with Gasteiger partial charge in [-0.15, -0.1) is 5.10 Å². The smallest absolute Gasteiger partial charge is 0.407 e. The van der Waals surface area contributed by atoms with E-state index in [4.69, 9.17) is 16.3 Å². The minimum absolute atomic E-state index is 0.0244. The lowest BCUT2D eigenvalue weighted by Gasteiger charge is -2.36. The van der Waals surface area contributed by atoms with E-state index in [1.54, 1.807) is 0 Å². The summed E-state index contributed by atoms with van der Waals surface area (Å²) in [6, 6.07) is 26.4. The number of carbonyl (C=O) groups excluding carboxylic acids is 1. The minimum atomic E-state index is -0.343. The Kier molecular flexibility index (Phi) is 11.5. The number of nitrogens with zero attached hydrogens (tertiary/aromatic N) is 5. The van der Waals surface area contributed by atoms with Gasteiger partial charge in [-0.3, -0.25) is 4.90 Å². The number of aromatic nitrogens is 3. The summed E-state index contributed by atoms with van der Waals surface area (Å²) in [5, 5.41) is 13.4. The predicted octanol–water partition coefficient (Wildman–Crippen LogP) is 7.41. The lowest BCUT2D eigenvalue weighted by atomic mass is 9.94. The second-order valence-electron chi connectivity index (χ2n) is 13.1. The molecule has 1 aromatic heterocycles.